The van der Waals surface area contributed by atoms with Crippen LogP contribution < -0.4 is 5.73 Å². The van der Waals surface area contributed by atoms with Crippen LogP contribution in [0.4, 0.5) is 5.69 Å². The van der Waals surface area contributed by atoms with Crippen LogP contribution >= 0.6 is 0 Å². The average Bonchev–Trinajstić information content (AvgIpc) is 2.65. The Morgan fingerprint density at radius 1 is 0.920 bits per heavy atom. The molecule has 0 saturated carbocycles. The van der Waals surface area contributed by atoms with Crippen LogP contribution in [0.15, 0.2) is 54.6 Å². The Bertz CT molecular complexity index is 600. The second kappa shape index (κ2) is 10.9. The first kappa shape index (κ1) is 19.5. The van der Waals surface area contributed by atoms with Crippen molar-refractivity contribution < 1.29 is 4.74 Å². The van der Waals surface area contributed by atoms with E-state index >= 15 is 0 Å². The predicted octanol–water partition coefficient (Wildman–Crippen LogP) is 4.69. The Morgan fingerprint density at radius 2 is 1.64 bits per heavy atom. The molecule has 25 heavy (non-hydrogen) atoms. The van der Waals surface area contributed by atoms with Gasteiger partial charge in [-0.15, -0.1) is 0 Å². The van der Waals surface area contributed by atoms with Crippen molar-refractivity contribution in [1.82, 2.24) is 4.90 Å². The first-order valence-corrected chi connectivity index (χ1v) is 9.46. The monoisotopic (exact) mass is 340 g/mol. The summed E-state index contributed by atoms with van der Waals surface area (Å²) >= 11 is 0. The van der Waals surface area contributed by atoms with Crippen LogP contribution in [-0.2, 0) is 11.2 Å². The molecule has 2 aromatic carbocycles. The fourth-order valence-corrected chi connectivity index (χ4v) is 3.07. The minimum atomic E-state index is 0.126. The molecule has 0 heterocycles. The van der Waals surface area contributed by atoms with Gasteiger partial charge in [0.05, 0.1) is 6.10 Å². The molecule has 0 aliphatic carbocycles. The van der Waals surface area contributed by atoms with E-state index in [4.69, 9.17) is 10.5 Å². The smallest absolute Gasteiger partial charge is 0.0951 e. The van der Waals surface area contributed by atoms with Gasteiger partial charge >= 0.3 is 0 Å². The van der Waals surface area contributed by atoms with Gasteiger partial charge in [-0.1, -0.05) is 62.4 Å². The molecular weight excluding hydrogens is 308 g/mol. The van der Waals surface area contributed by atoms with E-state index in [2.05, 4.69) is 61.2 Å². The molecule has 136 valence electrons. The molecule has 3 nitrogen and oxygen atoms in total. The number of benzene rings is 2. The molecule has 0 radical (unpaired) electrons. The molecule has 2 N–H and O–H groups in total. The molecule has 1 atom stereocenters. The van der Waals surface area contributed by atoms with Crippen molar-refractivity contribution in [3.8, 4) is 0 Å². The Labute approximate surface area is 152 Å². The van der Waals surface area contributed by atoms with E-state index in [1.165, 1.54) is 11.1 Å². The Kier molecular flexibility index (Phi) is 8.50. The molecule has 3 heteroatoms. The van der Waals surface area contributed by atoms with Gasteiger partial charge in [0, 0.05) is 25.4 Å². The number of nitrogen functional groups attached to an aromatic ring is 1. The van der Waals surface area contributed by atoms with Crippen LogP contribution in [0.3, 0.4) is 0 Å². The van der Waals surface area contributed by atoms with Crippen molar-refractivity contribution in [3.05, 3.63) is 65.7 Å². The van der Waals surface area contributed by atoms with Crippen molar-refractivity contribution in [1.29, 1.82) is 0 Å². The highest BCUT2D eigenvalue weighted by Gasteiger charge is 2.16. The average molecular weight is 341 g/mol. The maximum absolute atomic E-state index is 6.16. The van der Waals surface area contributed by atoms with Crippen molar-refractivity contribution in [2.75, 3.05) is 32.0 Å². The van der Waals surface area contributed by atoms with Gasteiger partial charge in [-0.25, -0.2) is 0 Å². The molecular formula is C22H32N2O. The summed E-state index contributed by atoms with van der Waals surface area (Å²) < 4.78 is 6.16. The Morgan fingerprint density at radius 3 is 2.32 bits per heavy atom. The normalized spacial score (nSPS) is 12.4. The summed E-state index contributed by atoms with van der Waals surface area (Å²) in [6.07, 6.45) is 3.28. The summed E-state index contributed by atoms with van der Waals surface area (Å²) in [5.41, 5.74) is 9.48. The van der Waals surface area contributed by atoms with Gasteiger partial charge in [0.15, 0.2) is 0 Å². The molecule has 0 aliphatic rings. The van der Waals surface area contributed by atoms with E-state index in [-0.39, 0.29) is 6.10 Å². The Hall–Kier alpha value is -1.84. The lowest BCUT2D eigenvalue weighted by Crippen LogP contribution is -2.32. The van der Waals surface area contributed by atoms with Gasteiger partial charge < -0.3 is 15.4 Å². The second-order valence-corrected chi connectivity index (χ2v) is 6.52. The number of hydrogen-bond acceptors (Lipinski definition) is 3. The van der Waals surface area contributed by atoms with Crippen LogP contribution in [-0.4, -0.2) is 31.1 Å². The van der Waals surface area contributed by atoms with Crippen LogP contribution in [0.5, 0.6) is 0 Å². The van der Waals surface area contributed by atoms with Crippen molar-refractivity contribution >= 4 is 5.69 Å². The van der Waals surface area contributed by atoms with E-state index in [0.29, 0.717) is 0 Å². The zero-order chi connectivity index (χ0) is 17.9. The third-order valence-corrected chi connectivity index (χ3v) is 4.41. The van der Waals surface area contributed by atoms with Gasteiger partial charge in [0.2, 0.25) is 0 Å². The summed E-state index contributed by atoms with van der Waals surface area (Å²) in [4.78, 5) is 2.50. The zero-order valence-corrected chi connectivity index (χ0v) is 15.7. The summed E-state index contributed by atoms with van der Waals surface area (Å²) in [6, 6.07) is 18.7. The van der Waals surface area contributed by atoms with Crippen molar-refractivity contribution in [3.63, 3.8) is 0 Å². The quantitative estimate of drug-likeness (QED) is 0.603. The fraction of sp³-hybridized carbons (Fsp3) is 0.455. The van der Waals surface area contributed by atoms with Gasteiger partial charge in [-0.05, 0) is 43.0 Å². The number of hydrogen-bond donors (Lipinski definition) is 1. The van der Waals surface area contributed by atoms with Crippen LogP contribution in [0.2, 0.25) is 0 Å². The largest absolute Gasteiger partial charge is 0.399 e. The molecule has 0 fully saturated rings. The molecule has 0 saturated heterocycles. The van der Waals surface area contributed by atoms with Gasteiger partial charge in [-0.2, -0.15) is 0 Å². The molecule has 0 aromatic heterocycles. The van der Waals surface area contributed by atoms with Gasteiger partial charge in [0.1, 0.15) is 0 Å². The van der Waals surface area contributed by atoms with E-state index in [1.807, 2.05) is 12.1 Å². The number of para-hydroxylation sites is 1. The number of rotatable bonds is 11. The lowest BCUT2D eigenvalue weighted by atomic mass is 10.1. The number of nitrogens with zero attached hydrogens (tertiary/aromatic N) is 1. The maximum atomic E-state index is 6.16. The molecule has 2 rings (SSSR count). The van der Waals surface area contributed by atoms with Crippen LogP contribution in [0.25, 0.3) is 0 Å². The first-order valence-electron chi connectivity index (χ1n) is 9.46. The van der Waals surface area contributed by atoms with E-state index in [1.54, 1.807) is 0 Å². The summed E-state index contributed by atoms with van der Waals surface area (Å²) in [5, 5.41) is 0. The minimum absolute atomic E-state index is 0.126. The molecule has 1 unspecified atom stereocenters. The number of anilines is 1. The molecule has 0 spiro atoms. The third-order valence-electron chi connectivity index (χ3n) is 4.41. The van der Waals surface area contributed by atoms with Gasteiger partial charge in [-0.3, -0.25) is 0 Å². The van der Waals surface area contributed by atoms with E-state index in [9.17, 15) is 0 Å². The number of nitrogens with two attached hydrogens (primary N) is 1. The lowest BCUT2D eigenvalue weighted by Gasteiger charge is -2.28. The molecule has 2 aromatic rings. The lowest BCUT2D eigenvalue weighted by molar-refractivity contribution is 0.0252. The number of ether oxygens (including phenoxy) is 1. The van der Waals surface area contributed by atoms with Crippen LogP contribution in [0, 0.1) is 0 Å². The highest BCUT2D eigenvalue weighted by Crippen LogP contribution is 2.20. The predicted molar refractivity (Wildman–Crippen MR) is 107 cm³/mol. The summed E-state index contributed by atoms with van der Waals surface area (Å²) in [6.45, 7) is 8.18. The first-order chi connectivity index (χ1) is 12.2. The summed E-state index contributed by atoms with van der Waals surface area (Å²) in [7, 11) is 0. The standard InChI is InChI=1S/C22H32N2O/c1-3-15-24(16-14-19-10-8-9-13-21(19)23)18-22(25-17-4-2)20-11-6-5-7-12-20/h5-13,22H,3-4,14-18,23H2,1-2H3. The fourth-order valence-electron chi connectivity index (χ4n) is 3.07. The van der Waals surface area contributed by atoms with E-state index in [0.717, 1.165) is 51.2 Å². The zero-order valence-electron chi connectivity index (χ0n) is 15.7. The SMILES string of the molecule is CCCOC(CN(CCC)CCc1ccccc1N)c1ccccc1. The molecule has 0 aliphatic heterocycles. The molecule has 0 bridgehead atoms. The highest BCUT2D eigenvalue weighted by atomic mass is 16.5. The second-order valence-electron chi connectivity index (χ2n) is 6.52. The topological polar surface area (TPSA) is 38.5 Å². The highest BCUT2D eigenvalue weighted by molar-refractivity contribution is 5.46. The van der Waals surface area contributed by atoms with E-state index < -0.39 is 0 Å². The van der Waals surface area contributed by atoms with Crippen LogP contribution in [0.1, 0.15) is 43.9 Å². The van der Waals surface area contributed by atoms with Crippen molar-refractivity contribution in [2.45, 2.75) is 39.2 Å². The molecule has 0 amide bonds. The maximum Gasteiger partial charge on any atom is 0.0951 e. The van der Waals surface area contributed by atoms with Gasteiger partial charge in [0.25, 0.3) is 0 Å². The summed E-state index contributed by atoms with van der Waals surface area (Å²) in [5.74, 6) is 0. The Balaban J connectivity index is 2.02. The minimum Gasteiger partial charge on any atom is -0.399 e. The third kappa shape index (κ3) is 6.52. The van der Waals surface area contributed by atoms with Crippen molar-refractivity contribution in [2.24, 2.45) is 0 Å².